The summed E-state index contributed by atoms with van der Waals surface area (Å²) in [6.07, 6.45) is 0. The SMILES string of the molecule is CN(C)c1cc(NCS(N)(=O)=O)ccc1N. The van der Waals surface area contributed by atoms with Crippen LogP contribution in [0.4, 0.5) is 17.1 Å². The molecule has 0 bridgehead atoms. The number of rotatable bonds is 4. The summed E-state index contributed by atoms with van der Waals surface area (Å²) in [5.74, 6) is -0.302. The molecule has 0 aromatic heterocycles. The molecule has 0 unspecified atom stereocenters. The summed E-state index contributed by atoms with van der Waals surface area (Å²) < 4.78 is 21.5. The predicted octanol–water partition coefficient (Wildman–Crippen LogP) is -0.00730. The Hall–Kier alpha value is -1.47. The maximum Gasteiger partial charge on any atom is 0.227 e. The molecule has 5 N–H and O–H groups in total. The van der Waals surface area contributed by atoms with Gasteiger partial charge in [0, 0.05) is 19.8 Å². The first-order valence-electron chi connectivity index (χ1n) is 4.61. The zero-order valence-corrected chi connectivity index (χ0v) is 10.1. The van der Waals surface area contributed by atoms with E-state index in [0.29, 0.717) is 11.4 Å². The van der Waals surface area contributed by atoms with E-state index in [1.165, 1.54) is 0 Å². The fourth-order valence-electron chi connectivity index (χ4n) is 1.22. The van der Waals surface area contributed by atoms with Gasteiger partial charge in [-0.1, -0.05) is 0 Å². The van der Waals surface area contributed by atoms with Crippen molar-refractivity contribution in [1.29, 1.82) is 0 Å². The Bertz CT molecular complexity index is 470. The van der Waals surface area contributed by atoms with Gasteiger partial charge in [-0.2, -0.15) is 0 Å². The molecule has 1 rings (SSSR count). The molecule has 0 saturated heterocycles. The van der Waals surface area contributed by atoms with Crippen LogP contribution in [0.3, 0.4) is 0 Å². The van der Waals surface area contributed by atoms with Gasteiger partial charge in [-0.05, 0) is 18.2 Å². The second-order valence-corrected chi connectivity index (χ2v) is 5.27. The molecule has 0 spiro atoms. The Morgan fingerprint density at radius 1 is 1.38 bits per heavy atom. The normalized spacial score (nSPS) is 11.2. The molecule has 0 atom stereocenters. The number of nitrogens with two attached hydrogens (primary N) is 2. The first-order chi connectivity index (χ1) is 7.29. The Kier molecular flexibility index (Phi) is 3.61. The van der Waals surface area contributed by atoms with Crippen molar-refractivity contribution in [1.82, 2.24) is 0 Å². The number of anilines is 3. The minimum Gasteiger partial charge on any atom is -0.397 e. The summed E-state index contributed by atoms with van der Waals surface area (Å²) in [6, 6.07) is 5.18. The summed E-state index contributed by atoms with van der Waals surface area (Å²) in [5, 5.41) is 7.60. The highest BCUT2D eigenvalue weighted by Gasteiger charge is 2.05. The van der Waals surface area contributed by atoms with Gasteiger partial charge in [-0.15, -0.1) is 0 Å². The van der Waals surface area contributed by atoms with E-state index in [1.54, 1.807) is 18.2 Å². The lowest BCUT2D eigenvalue weighted by Crippen LogP contribution is -2.22. The molecule has 0 aliphatic carbocycles. The van der Waals surface area contributed by atoms with Crippen LogP contribution in [0.15, 0.2) is 18.2 Å². The number of nitrogen functional groups attached to an aromatic ring is 1. The van der Waals surface area contributed by atoms with E-state index in [4.69, 9.17) is 10.9 Å². The number of sulfonamides is 1. The largest absolute Gasteiger partial charge is 0.397 e. The zero-order chi connectivity index (χ0) is 12.3. The standard InChI is InChI=1S/C9H16N4O2S/c1-13(2)9-5-7(3-4-8(9)10)12-6-16(11,14)15/h3-5,12H,6,10H2,1-2H3,(H2,11,14,15). The van der Waals surface area contributed by atoms with Crippen molar-refractivity contribution in [3.05, 3.63) is 18.2 Å². The summed E-state index contributed by atoms with van der Waals surface area (Å²) in [7, 11) is 0.191. The van der Waals surface area contributed by atoms with Crippen LogP contribution >= 0.6 is 0 Å². The second kappa shape index (κ2) is 4.58. The third-order valence-electron chi connectivity index (χ3n) is 1.99. The fraction of sp³-hybridized carbons (Fsp3) is 0.333. The molecule has 0 fully saturated rings. The molecule has 90 valence electrons. The Labute approximate surface area is 95.3 Å². The van der Waals surface area contributed by atoms with E-state index in [9.17, 15) is 8.42 Å². The predicted molar refractivity (Wildman–Crippen MR) is 66.8 cm³/mol. The van der Waals surface area contributed by atoms with E-state index >= 15 is 0 Å². The van der Waals surface area contributed by atoms with Crippen molar-refractivity contribution in [3.8, 4) is 0 Å². The van der Waals surface area contributed by atoms with Crippen molar-refractivity contribution in [2.45, 2.75) is 0 Å². The lowest BCUT2D eigenvalue weighted by molar-refractivity contribution is 0.599. The number of hydrogen-bond donors (Lipinski definition) is 3. The molecule has 0 radical (unpaired) electrons. The molecular weight excluding hydrogens is 228 g/mol. The summed E-state index contributed by atoms with van der Waals surface area (Å²) in [6.45, 7) is 0. The topological polar surface area (TPSA) is 101 Å². The number of nitrogens with one attached hydrogen (secondary N) is 1. The van der Waals surface area contributed by atoms with E-state index < -0.39 is 10.0 Å². The summed E-state index contributed by atoms with van der Waals surface area (Å²) >= 11 is 0. The fourth-order valence-corrected chi connectivity index (χ4v) is 1.59. The van der Waals surface area contributed by atoms with Gasteiger partial charge < -0.3 is 16.0 Å². The summed E-state index contributed by atoms with van der Waals surface area (Å²) in [5.41, 5.74) is 7.87. The molecule has 7 heteroatoms. The van der Waals surface area contributed by atoms with Crippen molar-refractivity contribution in [2.24, 2.45) is 5.14 Å². The molecule has 0 aliphatic heterocycles. The number of primary sulfonamides is 1. The van der Waals surface area contributed by atoms with Crippen LogP contribution in [0.2, 0.25) is 0 Å². The van der Waals surface area contributed by atoms with Crippen LogP contribution in [-0.4, -0.2) is 28.4 Å². The highest BCUT2D eigenvalue weighted by Crippen LogP contribution is 2.25. The van der Waals surface area contributed by atoms with Gasteiger partial charge in [0.05, 0.1) is 11.4 Å². The quantitative estimate of drug-likeness (QED) is 0.647. The molecule has 0 aliphatic rings. The Morgan fingerprint density at radius 3 is 2.50 bits per heavy atom. The molecule has 1 aromatic rings. The van der Waals surface area contributed by atoms with Crippen LogP contribution in [-0.2, 0) is 10.0 Å². The minimum absolute atomic E-state index is 0.302. The molecule has 0 heterocycles. The lowest BCUT2D eigenvalue weighted by Gasteiger charge is -2.16. The van der Waals surface area contributed by atoms with E-state index in [1.807, 2.05) is 19.0 Å². The zero-order valence-electron chi connectivity index (χ0n) is 9.27. The second-order valence-electron chi connectivity index (χ2n) is 3.65. The molecule has 16 heavy (non-hydrogen) atoms. The lowest BCUT2D eigenvalue weighted by atomic mass is 10.2. The average molecular weight is 244 g/mol. The van der Waals surface area contributed by atoms with Gasteiger partial charge in [-0.3, -0.25) is 0 Å². The average Bonchev–Trinajstić information content (AvgIpc) is 2.14. The first kappa shape index (κ1) is 12.6. The molecule has 0 saturated carbocycles. The molecular formula is C9H16N4O2S. The third kappa shape index (κ3) is 3.59. The van der Waals surface area contributed by atoms with Gasteiger partial charge in [0.2, 0.25) is 10.0 Å². The monoisotopic (exact) mass is 244 g/mol. The number of benzene rings is 1. The van der Waals surface area contributed by atoms with E-state index in [0.717, 1.165) is 5.69 Å². The van der Waals surface area contributed by atoms with Gasteiger partial charge in [0.1, 0.15) is 5.88 Å². The van der Waals surface area contributed by atoms with Gasteiger partial charge in [0.25, 0.3) is 0 Å². The molecule has 1 aromatic carbocycles. The van der Waals surface area contributed by atoms with Crippen LogP contribution < -0.4 is 21.1 Å². The van der Waals surface area contributed by atoms with Gasteiger partial charge >= 0.3 is 0 Å². The molecule has 0 amide bonds. The van der Waals surface area contributed by atoms with Crippen molar-refractivity contribution in [3.63, 3.8) is 0 Å². The third-order valence-corrected chi connectivity index (χ3v) is 2.54. The Balaban J connectivity index is 2.87. The highest BCUT2D eigenvalue weighted by atomic mass is 32.2. The minimum atomic E-state index is -3.52. The van der Waals surface area contributed by atoms with E-state index in [-0.39, 0.29) is 5.88 Å². The number of hydrogen-bond acceptors (Lipinski definition) is 5. The van der Waals surface area contributed by atoms with Crippen LogP contribution in [0.1, 0.15) is 0 Å². The number of nitrogens with zero attached hydrogens (tertiary/aromatic N) is 1. The first-order valence-corrected chi connectivity index (χ1v) is 6.32. The van der Waals surface area contributed by atoms with Crippen LogP contribution in [0, 0.1) is 0 Å². The Morgan fingerprint density at radius 2 is 2.00 bits per heavy atom. The van der Waals surface area contributed by atoms with Crippen molar-refractivity contribution in [2.75, 3.05) is 35.9 Å². The smallest absolute Gasteiger partial charge is 0.227 e. The van der Waals surface area contributed by atoms with E-state index in [2.05, 4.69) is 5.32 Å². The summed E-state index contributed by atoms with van der Waals surface area (Å²) in [4.78, 5) is 1.84. The molecule has 6 nitrogen and oxygen atoms in total. The van der Waals surface area contributed by atoms with Crippen molar-refractivity contribution >= 4 is 27.1 Å². The highest BCUT2D eigenvalue weighted by molar-refractivity contribution is 7.89. The van der Waals surface area contributed by atoms with Crippen LogP contribution in [0.5, 0.6) is 0 Å². The van der Waals surface area contributed by atoms with Crippen LogP contribution in [0.25, 0.3) is 0 Å². The van der Waals surface area contributed by atoms with Gasteiger partial charge in [0.15, 0.2) is 0 Å². The van der Waals surface area contributed by atoms with Crippen molar-refractivity contribution < 1.29 is 8.42 Å². The maximum absolute atomic E-state index is 10.8. The van der Waals surface area contributed by atoms with Gasteiger partial charge in [-0.25, -0.2) is 13.6 Å². The maximum atomic E-state index is 10.8.